The quantitative estimate of drug-likeness (QED) is 0.564. The van der Waals surface area contributed by atoms with Gasteiger partial charge in [-0.3, -0.25) is 9.48 Å². The van der Waals surface area contributed by atoms with Gasteiger partial charge in [0.2, 0.25) is 10.0 Å². The molecule has 1 heterocycles. The smallest absolute Gasteiger partial charge is 0.254 e. The number of sulfonamides is 1. The second kappa shape index (κ2) is 9.93. The van der Waals surface area contributed by atoms with Crippen LogP contribution < -0.4 is 15.8 Å². The fourth-order valence-corrected chi connectivity index (χ4v) is 6.08. The lowest BCUT2D eigenvalue weighted by atomic mass is 9.85. The maximum Gasteiger partial charge on any atom is 0.254 e. The molecule has 176 valence electrons. The lowest BCUT2D eigenvalue weighted by molar-refractivity contribution is 0.100. The van der Waals surface area contributed by atoms with Crippen LogP contribution in [0.25, 0.3) is 0 Å². The molecule has 9 nitrogen and oxygen atoms in total. The van der Waals surface area contributed by atoms with Gasteiger partial charge in [-0.05, 0) is 49.9 Å². The highest BCUT2D eigenvalue weighted by Gasteiger charge is 2.29. The van der Waals surface area contributed by atoms with E-state index in [4.69, 9.17) is 5.73 Å². The molecule has 1 aromatic heterocycles. The lowest BCUT2D eigenvalue weighted by Gasteiger charge is -2.26. The molecule has 4 N–H and O–H groups in total. The summed E-state index contributed by atoms with van der Waals surface area (Å²) in [4.78, 5) is 12.2. The van der Waals surface area contributed by atoms with Gasteiger partial charge in [-0.25, -0.2) is 13.1 Å². The summed E-state index contributed by atoms with van der Waals surface area (Å²) >= 11 is 0. The van der Waals surface area contributed by atoms with E-state index in [9.17, 15) is 18.5 Å². The van der Waals surface area contributed by atoms with E-state index < -0.39 is 15.9 Å². The van der Waals surface area contributed by atoms with Gasteiger partial charge in [0.25, 0.3) is 5.91 Å². The standard InChI is InChI=1S/C23H30N6O3S/c24-14-16-6-4-5-9-21(16)29-15-20(22(25)30)23(27-29)26-17-10-12-19(13-11-17)33(31,32)28-18-7-2-1-3-8-18/h10-13,15-16,18,21,28H,1-9H2,(H2,25,30)(H,26,27)/t16-,21+/m1/s1. The Hall–Kier alpha value is -2.90. The van der Waals surface area contributed by atoms with E-state index in [0.717, 1.165) is 57.8 Å². The van der Waals surface area contributed by atoms with Crippen molar-refractivity contribution in [2.24, 2.45) is 11.7 Å². The topological polar surface area (TPSA) is 143 Å². The minimum absolute atomic E-state index is 0.0133. The largest absolute Gasteiger partial charge is 0.365 e. The van der Waals surface area contributed by atoms with E-state index in [-0.39, 0.29) is 28.5 Å². The number of primary amides is 1. The van der Waals surface area contributed by atoms with Crippen molar-refractivity contribution in [2.75, 3.05) is 5.32 Å². The molecule has 2 aliphatic carbocycles. The van der Waals surface area contributed by atoms with Gasteiger partial charge in [-0.2, -0.15) is 10.4 Å². The van der Waals surface area contributed by atoms with Gasteiger partial charge in [0, 0.05) is 17.9 Å². The Morgan fingerprint density at radius 1 is 1.06 bits per heavy atom. The molecule has 0 unspecified atom stereocenters. The van der Waals surface area contributed by atoms with Crippen LogP contribution in [0.5, 0.6) is 0 Å². The molecule has 1 aromatic carbocycles. The second-order valence-electron chi connectivity index (χ2n) is 8.93. The van der Waals surface area contributed by atoms with Crippen LogP contribution >= 0.6 is 0 Å². The van der Waals surface area contributed by atoms with Crippen LogP contribution in [0.2, 0.25) is 0 Å². The van der Waals surface area contributed by atoms with Gasteiger partial charge < -0.3 is 11.1 Å². The average Bonchev–Trinajstić information content (AvgIpc) is 3.23. The molecule has 0 saturated heterocycles. The maximum absolute atomic E-state index is 12.7. The Labute approximate surface area is 194 Å². The van der Waals surface area contributed by atoms with Gasteiger partial charge in [-0.15, -0.1) is 0 Å². The zero-order valence-electron chi connectivity index (χ0n) is 18.5. The van der Waals surface area contributed by atoms with E-state index in [0.29, 0.717) is 11.5 Å². The van der Waals surface area contributed by atoms with Crippen molar-refractivity contribution in [1.29, 1.82) is 5.26 Å². The number of nitrogens with one attached hydrogen (secondary N) is 2. The minimum atomic E-state index is -3.59. The molecule has 2 aromatic rings. The van der Waals surface area contributed by atoms with E-state index in [2.05, 4.69) is 21.2 Å². The summed E-state index contributed by atoms with van der Waals surface area (Å²) in [6.45, 7) is 0. The van der Waals surface area contributed by atoms with Crippen LogP contribution in [0.1, 0.15) is 74.2 Å². The zero-order valence-corrected chi connectivity index (χ0v) is 19.4. The van der Waals surface area contributed by atoms with Crippen LogP contribution in [0.15, 0.2) is 35.4 Å². The lowest BCUT2D eigenvalue weighted by Crippen LogP contribution is -2.36. The highest BCUT2D eigenvalue weighted by atomic mass is 32.2. The van der Waals surface area contributed by atoms with E-state index >= 15 is 0 Å². The van der Waals surface area contributed by atoms with Crippen LogP contribution in [-0.4, -0.2) is 30.1 Å². The fourth-order valence-electron chi connectivity index (χ4n) is 4.77. The molecule has 1 amide bonds. The molecular weight excluding hydrogens is 440 g/mol. The highest BCUT2D eigenvalue weighted by Crippen LogP contribution is 2.34. The molecular formula is C23H30N6O3S. The number of aromatic nitrogens is 2. The maximum atomic E-state index is 12.7. The molecule has 0 spiro atoms. The van der Waals surface area contributed by atoms with Crippen LogP contribution in [0, 0.1) is 17.2 Å². The monoisotopic (exact) mass is 470 g/mol. The normalized spacial score (nSPS) is 21.9. The predicted molar refractivity (Wildman–Crippen MR) is 124 cm³/mol. The Morgan fingerprint density at radius 3 is 2.39 bits per heavy atom. The van der Waals surface area contributed by atoms with Gasteiger partial charge >= 0.3 is 0 Å². The second-order valence-corrected chi connectivity index (χ2v) is 10.6. The Bertz CT molecular complexity index is 1130. The number of carbonyl (C=O) groups is 1. The summed E-state index contributed by atoms with van der Waals surface area (Å²) in [6, 6.07) is 8.57. The van der Waals surface area contributed by atoms with Crippen molar-refractivity contribution in [1.82, 2.24) is 14.5 Å². The average molecular weight is 471 g/mol. The van der Waals surface area contributed by atoms with Crippen LogP contribution in [-0.2, 0) is 10.0 Å². The summed E-state index contributed by atoms with van der Waals surface area (Å²) in [7, 11) is -3.59. The Kier molecular flexibility index (Phi) is 7.00. The molecule has 2 saturated carbocycles. The first-order valence-corrected chi connectivity index (χ1v) is 13.0. The third-order valence-electron chi connectivity index (χ3n) is 6.59. The highest BCUT2D eigenvalue weighted by molar-refractivity contribution is 7.89. The van der Waals surface area contributed by atoms with E-state index in [1.54, 1.807) is 23.0 Å². The summed E-state index contributed by atoms with van der Waals surface area (Å²) in [5.41, 5.74) is 6.38. The number of benzene rings is 1. The van der Waals surface area contributed by atoms with Gasteiger partial charge in [0.15, 0.2) is 5.82 Å². The first-order chi connectivity index (χ1) is 15.9. The van der Waals surface area contributed by atoms with E-state index in [1.807, 2.05) is 0 Å². The number of hydrogen-bond acceptors (Lipinski definition) is 6. The summed E-state index contributed by atoms with van der Waals surface area (Å²) in [5, 5.41) is 17.1. The van der Waals surface area contributed by atoms with Gasteiger partial charge in [0.05, 0.1) is 22.9 Å². The SMILES string of the molecule is N#C[C@H]1CCCC[C@@H]1n1cc(C(N)=O)c(Nc2ccc(S(=O)(=O)NC3CCCCC3)cc2)n1. The third-order valence-corrected chi connectivity index (χ3v) is 8.12. The van der Waals surface area contributed by atoms with Gasteiger partial charge in [0.1, 0.15) is 5.56 Å². The molecule has 0 aliphatic heterocycles. The molecule has 0 bridgehead atoms. The number of nitriles is 1. The number of nitrogens with zero attached hydrogens (tertiary/aromatic N) is 3. The summed E-state index contributed by atoms with van der Waals surface area (Å²) in [6.07, 6.45) is 10.2. The molecule has 4 rings (SSSR count). The van der Waals surface area contributed by atoms with Crippen molar-refractivity contribution in [3.05, 3.63) is 36.0 Å². The Balaban J connectivity index is 1.51. The zero-order chi connectivity index (χ0) is 23.4. The van der Waals surface area contributed by atoms with Crippen LogP contribution in [0.3, 0.4) is 0 Å². The van der Waals surface area contributed by atoms with Crippen molar-refractivity contribution >= 4 is 27.4 Å². The van der Waals surface area contributed by atoms with Crippen LogP contribution in [0.4, 0.5) is 11.5 Å². The number of amides is 1. The number of rotatable bonds is 7. The number of hydrogen-bond donors (Lipinski definition) is 3. The first-order valence-electron chi connectivity index (χ1n) is 11.6. The summed E-state index contributed by atoms with van der Waals surface area (Å²) < 4.78 is 29.9. The molecule has 2 atom stereocenters. The number of carbonyl (C=O) groups excluding carboxylic acids is 1. The molecule has 2 fully saturated rings. The molecule has 2 aliphatic rings. The number of nitrogens with two attached hydrogens (primary N) is 1. The van der Waals surface area contributed by atoms with Crippen molar-refractivity contribution in [3.8, 4) is 6.07 Å². The Morgan fingerprint density at radius 2 is 1.73 bits per heavy atom. The van der Waals surface area contributed by atoms with Crippen molar-refractivity contribution in [3.63, 3.8) is 0 Å². The summed E-state index contributed by atoms with van der Waals surface area (Å²) in [5.74, 6) is -0.488. The van der Waals surface area contributed by atoms with Crippen molar-refractivity contribution < 1.29 is 13.2 Å². The molecule has 0 radical (unpaired) electrons. The number of anilines is 2. The van der Waals surface area contributed by atoms with E-state index in [1.165, 1.54) is 12.1 Å². The van der Waals surface area contributed by atoms with Crippen molar-refractivity contribution in [2.45, 2.75) is 74.8 Å². The first kappa shape index (κ1) is 23.3. The minimum Gasteiger partial charge on any atom is -0.365 e. The fraction of sp³-hybridized carbons (Fsp3) is 0.522. The third kappa shape index (κ3) is 5.37. The predicted octanol–water partition coefficient (Wildman–Crippen LogP) is 3.59. The molecule has 10 heteroatoms. The van der Waals surface area contributed by atoms with Gasteiger partial charge in [-0.1, -0.05) is 32.1 Å². The molecule has 33 heavy (non-hydrogen) atoms.